The molecule has 2 aromatic heterocycles. The molecule has 2 aromatic rings. The lowest BCUT2D eigenvalue weighted by Gasteiger charge is -2.18. The summed E-state index contributed by atoms with van der Waals surface area (Å²) in [5, 5.41) is 24.4. The van der Waals surface area contributed by atoms with Crippen molar-refractivity contribution in [3.05, 3.63) is 30.2 Å². The zero-order valence-corrected chi connectivity index (χ0v) is 16.3. The Kier molecular flexibility index (Phi) is 6.21. The molecule has 0 spiro atoms. The first kappa shape index (κ1) is 20.2. The molecule has 1 amide bonds. The van der Waals surface area contributed by atoms with Gasteiger partial charge in [0, 0.05) is 14.6 Å². The van der Waals surface area contributed by atoms with E-state index in [1.54, 1.807) is 32.3 Å². The average molecular weight is 390 g/mol. The SMILES string of the molecule is CC(C)(O)c1ccc(-c2cnc3c(n2)NCC(=O)N3)cn1.OC1CCCCC1.[HH].[HH]. The summed E-state index contributed by atoms with van der Waals surface area (Å²) in [6, 6.07) is 3.59. The summed E-state index contributed by atoms with van der Waals surface area (Å²) in [7, 11) is 0. The van der Waals surface area contributed by atoms with Gasteiger partial charge in [0.1, 0.15) is 5.60 Å². The predicted molar refractivity (Wildman–Crippen MR) is 111 cm³/mol. The second-order valence-corrected chi connectivity index (χ2v) is 7.64. The van der Waals surface area contributed by atoms with E-state index >= 15 is 0 Å². The Morgan fingerprint density at radius 3 is 2.43 bits per heavy atom. The Morgan fingerprint density at radius 1 is 1.11 bits per heavy atom. The van der Waals surface area contributed by atoms with Gasteiger partial charge in [0.25, 0.3) is 0 Å². The van der Waals surface area contributed by atoms with E-state index in [0.29, 0.717) is 23.0 Å². The fraction of sp³-hybridized carbons (Fsp3) is 0.500. The number of rotatable bonds is 2. The molecule has 1 saturated carbocycles. The lowest BCUT2D eigenvalue weighted by atomic mass is 9.98. The molecule has 0 aromatic carbocycles. The summed E-state index contributed by atoms with van der Waals surface area (Å²) in [5.41, 5.74) is 1.04. The van der Waals surface area contributed by atoms with Crippen LogP contribution < -0.4 is 10.6 Å². The molecular weight excluding hydrogens is 358 g/mol. The molecule has 1 aliphatic heterocycles. The number of nitrogens with one attached hydrogen (secondary N) is 2. The maximum atomic E-state index is 11.2. The number of pyridine rings is 1. The van der Waals surface area contributed by atoms with Gasteiger partial charge >= 0.3 is 0 Å². The zero-order chi connectivity index (χ0) is 20.1. The molecule has 0 unspecified atom stereocenters. The van der Waals surface area contributed by atoms with Crippen LogP contribution in [0.3, 0.4) is 0 Å². The van der Waals surface area contributed by atoms with E-state index < -0.39 is 5.60 Å². The Balaban J connectivity index is 0.000000429. The lowest BCUT2D eigenvalue weighted by Crippen LogP contribution is -2.28. The molecular formula is C20H31N5O3. The first-order chi connectivity index (χ1) is 13.3. The van der Waals surface area contributed by atoms with Gasteiger partial charge in [0.15, 0.2) is 11.6 Å². The third-order valence-corrected chi connectivity index (χ3v) is 4.71. The number of hydrogen-bond acceptors (Lipinski definition) is 7. The van der Waals surface area contributed by atoms with Crippen molar-refractivity contribution in [1.29, 1.82) is 0 Å². The van der Waals surface area contributed by atoms with Crippen LogP contribution >= 0.6 is 0 Å². The summed E-state index contributed by atoms with van der Waals surface area (Å²) >= 11 is 0. The van der Waals surface area contributed by atoms with Crippen LogP contribution in [0.5, 0.6) is 0 Å². The van der Waals surface area contributed by atoms with E-state index in [0.717, 1.165) is 18.4 Å². The van der Waals surface area contributed by atoms with E-state index in [2.05, 4.69) is 25.6 Å². The summed E-state index contributed by atoms with van der Waals surface area (Å²) < 4.78 is 0. The molecule has 0 bridgehead atoms. The minimum absolute atomic E-state index is 0. The molecule has 4 rings (SSSR count). The van der Waals surface area contributed by atoms with Crippen LogP contribution in [0, 0.1) is 0 Å². The second kappa shape index (κ2) is 8.62. The average Bonchev–Trinajstić information content (AvgIpc) is 2.68. The highest BCUT2D eigenvalue weighted by atomic mass is 16.3. The van der Waals surface area contributed by atoms with Gasteiger partial charge < -0.3 is 20.8 Å². The topological polar surface area (TPSA) is 120 Å². The van der Waals surface area contributed by atoms with Gasteiger partial charge in [-0.05, 0) is 38.8 Å². The molecule has 154 valence electrons. The summed E-state index contributed by atoms with van der Waals surface area (Å²) in [5.74, 6) is 0.829. The molecule has 28 heavy (non-hydrogen) atoms. The smallest absolute Gasteiger partial charge is 0.244 e. The number of hydrogen-bond donors (Lipinski definition) is 4. The molecule has 1 fully saturated rings. The monoisotopic (exact) mass is 389 g/mol. The highest BCUT2D eigenvalue weighted by Gasteiger charge is 2.19. The third kappa shape index (κ3) is 5.24. The summed E-state index contributed by atoms with van der Waals surface area (Å²) in [4.78, 5) is 24.1. The number of carbonyl (C=O) groups is 1. The van der Waals surface area contributed by atoms with Gasteiger partial charge in [-0.25, -0.2) is 9.97 Å². The number of aliphatic hydroxyl groups excluding tert-OH is 1. The standard InChI is InChI=1S/C14H15N5O2.C6H12O.2H2/c1-14(2,21)10-4-3-8(5-15-10)9-6-16-13-12(18-9)17-7-11(20)19-13;7-6-4-2-1-3-5-6;;/h3-6,21H,7H2,1-2H3,(H,17,18)(H,16,19,20);6-7H,1-5H2;2*1H. The second-order valence-electron chi connectivity index (χ2n) is 7.64. The molecule has 2 aliphatic rings. The molecule has 8 nitrogen and oxygen atoms in total. The number of aliphatic hydroxyl groups is 2. The normalized spacial score (nSPS) is 16.9. The minimum Gasteiger partial charge on any atom is -0.393 e. The Hall–Kier alpha value is -2.58. The zero-order valence-electron chi connectivity index (χ0n) is 16.3. The fourth-order valence-electron chi connectivity index (χ4n) is 3.07. The van der Waals surface area contributed by atoms with Crippen molar-refractivity contribution in [1.82, 2.24) is 15.0 Å². The largest absolute Gasteiger partial charge is 0.393 e. The Bertz CT molecular complexity index is 822. The van der Waals surface area contributed by atoms with Crippen molar-refractivity contribution in [3.63, 3.8) is 0 Å². The number of fused-ring (bicyclic) bond motifs is 1. The van der Waals surface area contributed by atoms with E-state index in [-0.39, 0.29) is 21.4 Å². The van der Waals surface area contributed by atoms with E-state index in [9.17, 15) is 9.90 Å². The number of nitrogens with zero attached hydrogens (tertiary/aromatic N) is 3. The summed E-state index contributed by atoms with van der Waals surface area (Å²) in [6.07, 6.45) is 9.14. The molecule has 8 heteroatoms. The molecule has 0 saturated heterocycles. The molecule has 1 aliphatic carbocycles. The van der Waals surface area contributed by atoms with Crippen molar-refractivity contribution >= 4 is 17.5 Å². The Labute approximate surface area is 167 Å². The molecule has 4 N–H and O–H groups in total. The minimum atomic E-state index is -0.980. The van der Waals surface area contributed by atoms with Crippen molar-refractivity contribution < 1.29 is 17.9 Å². The quantitative estimate of drug-likeness (QED) is 0.623. The highest BCUT2D eigenvalue weighted by Crippen LogP contribution is 2.25. The van der Waals surface area contributed by atoms with Gasteiger partial charge in [-0.3, -0.25) is 9.78 Å². The van der Waals surface area contributed by atoms with Crippen molar-refractivity contribution in [3.8, 4) is 11.3 Å². The maximum absolute atomic E-state index is 11.2. The highest BCUT2D eigenvalue weighted by molar-refractivity contribution is 5.98. The number of anilines is 2. The van der Waals surface area contributed by atoms with Crippen molar-refractivity contribution in [2.45, 2.75) is 57.7 Å². The molecule has 0 radical (unpaired) electrons. The van der Waals surface area contributed by atoms with Crippen molar-refractivity contribution in [2.75, 3.05) is 17.2 Å². The lowest BCUT2D eigenvalue weighted by molar-refractivity contribution is -0.114. The first-order valence-electron chi connectivity index (χ1n) is 9.61. The Morgan fingerprint density at radius 2 is 1.86 bits per heavy atom. The summed E-state index contributed by atoms with van der Waals surface area (Å²) in [6.45, 7) is 3.54. The number of carbonyl (C=O) groups excluding carboxylic acids is 1. The first-order valence-corrected chi connectivity index (χ1v) is 9.61. The molecule has 3 heterocycles. The van der Waals surface area contributed by atoms with Gasteiger partial charge in [0.2, 0.25) is 5.91 Å². The van der Waals surface area contributed by atoms with Crippen LogP contribution in [-0.4, -0.2) is 43.7 Å². The van der Waals surface area contributed by atoms with Gasteiger partial charge in [-0.1, -0.05) is 19.3 Å². The van der Waals surface area contributed by atoms with Crippen LogP contribution in [0.2, 0.25) is 0 Å². The van der Waals surface area contributed by atoms with Gasteiger partial charge in [0.05, 0.1) is 30.2 Å². The predicted octanol–water partition coefficient (Wildman–Crippen LogP) is 2.93. The van der Waals surface area contributed by atoms with Crippen LogP contribution in [0.25, 0.3) is 11.3 Å². The van der Waals surface area contributed by atoms with Crippen LogP contribution in [-0.2, 0) is 10.4 Å². The fourth-order valence-corrected chi connectivity index (χ4v) is 3.07. The third-order valence-electron chi connectivity index (χ3n) is 4.71. The molecule has 0 atom stereocenters. The van der Waals surface area contributed by atoms with Gasteiger partial charge in [-0.15, -0.1) is 0 Å². The maximum Gasteiger partial charge on any atom is 0.244 e. The van der Waals surface area contributed by atoms with E-state index in [4.69, 9.17) is 5.11 Å². The van der Waals surface area contributed by atoms with Crippen molar-refractivity contribution in [2.24, 2.45) is 0 Å². The van der Waals surface area contributed by atoms with Crippen LogP contribution in [0.4, 0.5) is 11.6 Å². The number of amides is 1. The van der Waals surface area contributed by atoms with Crippen LogP contribution in [0.1, 0.15) is 54.5 Å². The van der Waals surface area contributed by atoms with Gasteiger partial charge in [-0.2, -0.15) is 0 Å². The van der Waals surface area contributed by atoms with E-state index in [1.165, 1.54) is 19.3 Å². The number of aromatic nitrogens is 3. The van der Waals surface area contributed by atoms with E-state index in [1.807, 2.05) is 6.07 Å². The van der Waals surface area contributed by atoms with Crippen LogP contribution in [0.15, 0.2) is 24.5 Å².